The van der Waals surface area contributed by atoms with Gasteiger partial charge in [-0.15, -0.1) is 0 Å². The third-order valence-electron chi connectivity index (χ3n) is 0.371. The highest BCUT2D eigenvalue weighted by Gasteiger charge is 2.02. The molecule has 0 fully saturated rings. The van der Waals surface area contributed by atoms with Crippen molar-refractivity contribution < 1.29 is 23.6 Å². The molecule has 1 atom stereocenters. The molecule has 0 heterocycles. The van der Waals surface area contributed by atoms with Gasteiger partial charge in [0.1, 0.15) is 0 Å². The molecule has 0 aliphatic rings. The van der Waals surface area contributed by atoms with Crippen molar-refractivity contribution in [3.8, 4) is 0 Å². The number of carboxylic acid groups (broad SMARTS) is 1. The maximum absolute atomic E-state index is 11.1. The summed E-state index contributed by atoms with van der Waals surface area (Å²) in [6, 6.07) is 0. The Hall–Kier alpha value is -0.530. The summed E-state index contributed by atoms with van der Waals surface area (Å²) in [5.74, 6) is -5.65. The molecular weight excluding hydrogens is 104 g/mol. The van der Waals surface area contributed by atoms with Gasteiger partial charge in [0.25, 0.3) is 1.43 Å². The predicted octanol–water partition coefficient (Wildman–Crippen LogP) is 1.51. The molecule has 2 heteroatoms. The SMILES string of the molecule is [2H]OC(=O)C([2H])([2H])C([2H])(C([2H])[2H])C([2H])([2H])C([2H])([2H])[2H]. The molecule has 8 heavy (non-hydrogen) atoms. The largest absolute Gasteiger partial charge is 0.481 e. The highest BCUT2D eigenvalue weighted by Crippen LogP contribution is 2.04. The molecular formula is C6H12O2. The Morgan fingerprint density at radius 2 is 3.25 bits per heavy atom. The number of carboxylic acids is 1. The summed E-state index contributed by atoms with van der Waals surface area (Å²) in [4.78, 5) is 11.1. The van der Waals surface area contributed by atoms with E-state index >= 15 is 0 Å². The molecule has 0 radical (unpaired) electrons. The number of rotatable bonds is 3. The molecule has 0 aliphatic carbocycles. The van der Waals surface area contributed by atoms with E-state index in [0.29, 0.717) is 0 Å². The Kier molecular flexibility index (Phi) is 0.444. The lowest BCUT2D eigenvalue weighted by Crippen LogP contribution is -2.02. The second kappa shape index (κ2) is 3.47. The van der Waals surface area contributed by atoms with E-state index in [1.54, 1.807) is 0 Å². The summed E-state index contributed by atoms with van der Waals surface area (Å²) in [6.07, 6.45) is -7.35. The third-order valence-corrected chi connectivity index (χ3v) is 0.371. The van der Waals surface area contributed by atoms with Crippen LogP contribution in [0.2, 0.25) is 0 Å². The van der Waals surface area contributed by atoms with Gasteiger partial charge in [-0.05, 0) is 5.89 Å². The third kappa shape index (κ3) is 3.65. The Bertz CT molecular complexity index is 348. The molecule has 0 aromatic rings. The summed E-state index contributed by atoms with van der Waals surface area (Å²) in [7, 11) is 0. The average Bonchev–Trinajstić information content (AvgIpc) is 2.24. The lowest BCUT2D eigenvalue weighted by Gasteiger charge is -2.00. The first kappa shape index (κ1) is 1.02. The molecule has 0 aromatic carbocycles. The molecule has 1 N–H and O–H groups in total. The van der Waals surface area contributed by atoms with Crippen molar-refractivity contribution in [3.63, 3.8) is 0 Å². The van der Waals surface area contributed by atoms with E-state index in [-0.39, 0.29) is 0 Å². The number of carbonyl (C=O) groups is 1. The van der Waals surface area contributed by atoms with Crippen molar-refractivity contribution in [1.29, 1.82) is 1.43 Å². The standard InChI is InChI=1S/C6H12O2/c1-3-5(2)4-6(7)8/h5H,3-4H2,1-2H3,(H,7,8)/i1D3,2D2,3D2,4D2,5D/hD. The van der Waals surface area contributed by atoms with E-state index < -0.39 is 38.3 Å². The monoisotopic (exact) mass is 127 g/mol. The zero-order valence-corrected chi connectivity index (χ0v) is 3.89. The fraction of sp³-hybridized carbons (Fsp3) is 0.833. The predicted molar refractivity (Wildman–Crippen MR) is 31.7 cm³/mol. The molecule has 0 spiro atoms. The second-order valence-electron chi connectivity index (χ2n) is 0.951. The lowest BCUT2D eigenvalue weighted by molar-refractivity contribution is -0.137. The first-order chi connectivity index (χ1) is 8.17. The van der Waals surface area contributed by atoms with Crippen LogP contribution in [0, 0.1) is 5.89 Å². The Labute approximate surface area is 65.1 Å². The summed E-state index contributed by atoms with van der Waals surface area (Å²) in [6.45, 7) is -6.21. The van der Waals surface area contributed by atoms with E-state index in [1.165, 1.54) is 0 Å². The highest BCUT2D eigenvalue weighted by molar-refractivity contribution is 5.66. The molecule has 0 bridgehead atoms. The van der Waals surface area contributed by atoms with E-state index in [2.05, 4.69) is 5.11 Å². The molecule has 0 saturated heterocycles. The van der Waals surface area contributed by atoms with Gasteiger partial charge in [0.15, 0.2) is 0 Å². The average molecular weight is 127 g/mol. The van der Waals surface area contributed by atoms with Crippen LogP contribution in [0.1, 0.15) is 40.2 Å². The van der Waals surface area contributed by atoms with Gasteiger partial charge in [0.05, 0.1) is 0 Å². The summed E-state index contributed by atoms with van der Waals surface area (Å²) >= 11 is 0. The zero-order chi connectivity index (χ0) is 15.9. The zero-order valence-electron chi connectivity index (χ0n) is 14.9. The van der Waals surface area contributed by atoms with Crippen LogP contribution in [0.3, 0.4) is 0 Å². The Morgan fingerprint density at radius 3 is 3.75 bits per heavy atom. The molecule has 0 saturated carbocycles. The van der Waals surface area contributed by atoms with Crippen molar-refractivity contribution in [2.45, 2.75) is 26.5 Å². The van der Waals surface area contributed by atoms with Crippen LogP contribution in [0.15, 0.2) is 0 Å². The van der Waals surface area contributed by atoms with E-state index in [0.717, 1.165) is 0 Å². The van der Waals surface area contributed by atoms with Crippen LogP contribution in [0.5, 0.6) is 0 Å². The van der Waals surface area contributed by atoms with E-state index in [1.807, 2.05) is 0 Å². The highest BCUT2D eigenvalue weighted by atomic mass is 16.4. The molecule has 48 valence electrons. The summed E-state index contributed by atoms with van der Waals surface area (Å²) in [5.41, 5.74) is 0. The Morgan fingerprint density at radius 1 is 2.38 bits per heavy atom. The first-order valence-corrected chi connectivity index (χ1v) is 1.70. The second-order valence-corrected chi connectivity index (χ2v) is 0.951. The number of hydrogen-bond donors (Lipinski definition) is 1. The van der Waals surface area contributed by atoms with Gasteiger partial charge >= 0.3 is 5.97 Å². The quantitative estimate of drug-likeness (QED) is 0.624. The van der Waals surface area contributed by atoms with Crippen molar-refractivity contribution in [2.75, 3.05) is 0 Å². The Balaban J connectivity index is 6.12. The first-order valence-electron chi connectivity index (χ1n) is 7.26. The normalized spacial score (nSPS) is 42.4. The van der Waals surface area contributed by atoms with Crippen molar-refractivity contribution in [3.05, 3.63) is 0 Å². The van der Waals surface area contributed by atoms with Gasteiger partial charge in [-0.25, -0.2) is 0 Å². The van der Waals surface area contributed by atoms with Crippen LogP contribution < -0.4 is 0 Å². The fourth-order valence-electron chi connectivity index (χ4n) is 0.141. The fourth-order valence-corrected chi connectivity index (χ4v) is 0.141. The smallest absolute Gasteiger partial charge is 0.303 e. The molecule has 2 nitrogen and oxygen atoms in total. The van der Waals surface area contributed by atoms with Crippen LogP contribution in [0.4, 0.5) is 0 Å². The van der Waals surface area contributed by atoms with E-state index in [9.17, 15) is 4.79 Å². The van der Waals surface area contributed by atoms with Crippen LogP contribution in [-0.2, 0) is 4.79 Å². The minimum Gasteiger partial charge on any atom is -0.481 e. The molecule has 1 unspecified atom stereocenters. The molecule has 0 aliphatic heterocycles. The maximum Gasteiger partial charge on any atom is 0.303 e. The van der Waals surface area contributed by atoms with Gasteiger partial charge in [-0.3, -0.25) is 4.79 Å². The molecule has 0 amide bonds. The van der Waals surface area contributed by atoms with Crippen LogP contribution >= 0.6 is 0 Å². The summed E-state index contributed by atoms with van der Waals surface area (Å²) < 4.78 is 78.3. The van der Waals surface area contributed by atoms with Gasteiger partial charge < -0.3 is 5.11 Å². The van der Waals surface area contributed by atoms with Gasteiger partial charge in [0.2, 0.25) is 0 Å². The van der Waals surface area contributed by atoms with Gasteiger partial charge in [-0.1, -0.05) is 20.1 Å². The number of hydrogen-bond acceptors (Lipinski definition) is 2. The molecule has 0 aromatic heterocycles. The van der Waals surface area contributed by atoms with Crippen LogP contribution in [-0.4, -0.2) is 11.1 Å². The summed E-state index contributed by atoms with van der Waals surface area (Å²) in [5, 5.41) is 3.32. The minimum absolute atomic E-state index is 2.04. The topological polar surface area (TPSA) is 37.3 Å². The van der Waals surface area contributed by atoms with Gasteiger partial charge in [-0.2, -0.15) is 0 Å². The minimum atomic E-state index is -3.69. The van der Waals surface area contributed by atoms with Gasteiger partial charge in [0, 0.05) is 20.1 Å². The van der Waals surface area contributed by atoms with Crippen molar-refractivity contribution >= 4 is 5.97 Å². The molecule has 0 rings (SSSR count). The number of aliphatic carboxylic acids is 1. The van der Waals surface area contributed by atoms with Crippen molar-refractivity contribution in [2.24, 2.45) is 5.89 Å². The van der Waals surface area contributed by atoms with E-state index in [4.69, 9.17) is 15.1 Å². The van der Waals surface area contributed by atoms with Crippen LogP contribution in [0.25, 0.3) is 1.43 Å². The lowest BCUT2D eigenvalue weighted by atomic mass is 10.1. The maximum atomic E-state index is 11.1. The van der Waals surface area contributed by atoms with Crippen molar-refractivity contribution in [1.82, 2.24) is 0 Å².